The molecule has 3 aliphatic rings. The number of rotatable bonds is 5. The van der Waals surface area contributed by atoms with Crippen LogP contribution in [0, 0.1) is 0 Å². The number of hydrogen-bond donors (Lipinski definition) is 1. The van der Waals surface area contributed by atoms with E-state index in [1.54, 1.807) is 11.3 Å². The summed E-state index contributed by atoms with van der Waals surface area (Å²) in [5.74, 6) is 0. The van der Waals surface area contributed by atoms with E-state index in [0.29, 0.717) is 0 Å². The van der Waals surface area contributed by atoms with Gasteiger partial charge >= 0.3 is 0 Å². The second kappa shape index (κ2) is 11.4. The van der Waals surface area contributed by atoms with E-state index < -0.39 is 0 Å². The van der Waals surface area contributed by atoms with Crippen LogP contribution in [0.3, 0.4) is 0 Å². The Morgan fingerprint density at radius 2 is 1.22 bits per heavy atom. The number of thiophene rings is 3. The third-order valence-corrected chi connectivity index (χ3v) is 15.3. The quantitative estimate of drug-likeness (QED) is 0.173. The maximum absolute atomic E-state index is 4.55. The Bertz CT molecular complexity index is 2620. The predicted octanol–water partition coefficient (Wildman–Crippen LogP) is 14.8. The van der Waals surface area contributed by atoms with Crippen molar-refractivity contribution in [2.45, 2.75) is 55.6 Å². The van der Waals surface area contributed by atoms with Crippen LogP contribution in [0.2, 0.25) is 0 Å². The Balaban J connectivity index is 1.11. The zero-order valence-electron chi connectivity index (χ0n) is 29.1. The molecule has 3 aliphatic carbocycles. The summed E-state index contributed by atoms with van der Waals surface area (Å²) in [4.78, 5) is 7.70. The summed E-state index contributed by atoms with van der Waals surface area (Å²) in [7, 11) is 0. The van der Waals surface area contributed by atoms with E-state index in [1.165, 1.54) is 91.2 Å². The second-order valence-electron chi connectivity index (χ2n) is 15.1. The van der Waals surface area contributed by atoms with Gasteiger partial charge in [0.15, 0.2) is 0 Å². The molecule has 3 aromatic heterocycles. The van der Waals surface area contributed by atoms with Crippen LogP contribution in [-0.4, -0.2) is 0 Å². The molecule has 0 unspecified atom stereocenters. The maximum Gasteiger partial charge on any atom is 0.0574 e. The van der Waals surface area contributed by atoms with Crippen molar-refractivity contribution in [1.29, 1.82) is 0 Å². The number of hydrogen-bond acceptors (Lipinski definition) is 5. The Morgan fingerprint density at radius 1 is 0.569 bits per heavy atom. The highest BCUT2D eigenvalue weighted by Gasteiger charge is 2.38. The second-order valence-corrected chi connectivity index (χ2v) is 19.1. The molecule has 0 fully saturated rings. The number of fused-ring (bicyclic) bond motifs is 6. The van der Waals surface area contributed by atoms with Gasteiger partial charge in [-0.1, -0.05) is 82.3 Å². The van der Waals surface area contributed by atoms with E-state index in [2.05, 4.69) is 167 Å². The Hall–Kier alpha value is -4.13. The lowest BCUT2D eigenvalue weighted by Crippen LogP contribution is -2.18. The standard InChI is InChI=1S/C46H37NS4/c1-45(2)35-11-7-5-9-31(35)33-17-15-28(24-37(33)45)47(29-16-18-34-32-10-6-8-12-36(32)46(3,4)38(34)25-29)30-14-13-27-23-43(50-42(27)26-30)41-20-19-39(49-41)40-21-22-44(48)51-40/h5,7-9,11-26,48H,6,10H2,1-4H3. The topological polar surface area (TPSA) is 3.24 Å². The first-order valence-corrected chi connectivity index (χ1v) is 20.6. The third-order valence-electron chi connectivity index (χ3n) is 11.4. The molecule has 1 nitrogen and oxygen atoms in total. The summed E-state index contributed by atoms with van der Waals surface area (Å²) in [6.07, 6.45) is 6.98. The van der Waals surface area contributed by atoms with Crippen molar-refractivity contribution in [3.8, 4) is 30.6 Å². The number of benzene rings is 4. The summed E-state index contributed by atoms with van der Waals surface area (Å²) in [5, 5.41) is 1.28. The lowest BCUT2D eigenvalue weighted by Gasteiger charge is -2.30. The zero-order chi connectivity index (χ0) is 34.6. The minimum atomic E-state index is -0.0768. The Labute approximate surface area is 317 Å². The molecule has 0 bridgehead atoms. The van der Waals surface area contributed by atoms with Crippen LogP contribution >= 0.6 is 46.6 Å². The van der Waals surface area contributed by atoms with Gasteiger partial charge in [0.2, 0.25) is 0 Å². The minimum Gasteiger partial charge on any atom is -0.310 e. The van der Waals surface area contributed by atoms with Gasteiger partial charge in [0.1, 0.15) is 0 Å². The van der Waals surface area contributed by atoms with Crippen molar-refractivity contribution in [3.63, 3.8) is 0 Å². The van der Waals surface area contributed by atoms with E-state index in [0.717, 1.165) is 17.1 Å². The van der Waals surface area contributed by atoms with E-state index in [1.807, 2.05) is 22.7 Å². The monoisotopic (exact) mass is 731 g/mol. The molecular formula is C46H37NS4. The summed E-state index contributed by atoms with van der Waals surface area (Å²) in [6, 6.07) is 41.5. The maximum atomic E-state index is 4.55. The normalized spacial score (nSPS) is 16.3. The highest BCUT2D eigenvalue weighted by Crippen LogP contribution is 2.54. The molecule has 0 atom stereocenters. The fourth-order valence-electron chi connectivity index (χ4n) is 8.75. The van der Waals surface area contributed by atoms with Crippen LogP contribution in [-0.2, 0) is 10.8 Å². The molecule has 5 heteroatoms. The van der Waals surface area contributed by atoms with Gasteiger partial charge in [-0.3, -0.25) is 0 Å². The summed E-state index contributed by atoms with van der Waals surface area (Å²) in [5.41, 5.74) is 14.8. The van der Waals surface area contributed by atoms with Crippen molar-refractivity contribution >= 4 is 79.4 Å². The lowest BCUT2D eigenvalue weighted by molar-refractivity contribution is 0.651. The number of nitrogens with zero attached hydrogens (tertiary/aromatic N) is 1. The van der Waals surface area contributed by atoms with Crippen molar-refractivity contribution in [2.24, 2.45) is 0 Å². The molecular weight excluding hydrogens is 695 g/mol. The molecule has 0 N–H and O–H groups in total. The van der Waals surface area contributed by atoms with Crippen molar-refractivity contribution in [2.75, 3.05) is 4.90 Å². The zero-order valence-corrected chi connectivity index (χ0v) is 32.4. The molecule has 7 aromatic rings. The van der Waals surface area contributed by atoms with Gasteiger partial charge < -0.3 is 4.90 Å². The highest BCUT2D eigenvalue weighted by molar-refractivity contribution is 7.83. The Morgan fingerprint density at radius 3 is 2.00 bits per heavy atom. The Kier molecular flexibility index (Phi) is 7.08. The number of anilines is 3. The van der Waals surface area contributed by atoms with Crippen molar-refractivity contribution in [1.82, 2.24) is 0 Å². The first-order valence-electron chi connectivity index (χ1n) is 17.7. The van der Waals surface area contributed by atoms with Crippen LogP contribution in [0.1, 0.15) is 62.8 Å². The van der Waals surface area contributed by atoms with Crippen molar-refractivity contribution < 1.29 is 0 Å². The third kappa shape index (κ3) is 4.85. The smallest absolute Gasteiger partial charge is 0.0574 e. The summed E-state index contributed by atoms with van der Waals surface area (Å²) in [6.45, 7) is 9.55. The van der Waals surface area contributed by atoms with Crippen LogP contribution in [0.5, 0.6) is 0 Å². The molecule has 0 radical (unpaired) electrons. The van der Waals surface area contributed by atoms with Gasteiger partial charge in [-0.05, 0) is 129 Å². The van der Waals surface area contributed by atoms with E-state index in [4.69, 9.17) is 0 Å². The predicted molar refractivity (Wildman–Crippen MR) is 226 cm³/mol. The van der Waals surface area contributed by atoms with Gasteiger partial charge in [0.05, 0.1) is 4.21 Å². The fourth-order valence-corrected chi connectivity index (χ4v) is 12.1. The average molecular weight is 732 g/mol. The van der Waals surface area contributed by atoms with Gasteiger partial charge in [-0.15, -0.1) is 46.6 Å². The van der Waals surface area contributed by atoms with Gasteiger partial charge in [0, 0.05) is 52.1 Å². The van der Waals surface area contributed by atoms with Crippen LogP contribution in [0.4, 0.5) is 17.1 Å². The molecule has 4 aromatic carbocycles. The molecule has 3 heterocycles. The van der Waals surface area contributed by atoms with Crippen molar-refractivity contribution in [3.05, 3.63) is 149 Å². The average Bonchev–Trinajstić information content (AvgIpc) is 3.96. The fraction of sp³-hybridized carbons (Fsp3) is 0.174. The van der Waals surface area contributed by atoms with E-state index in [-0.39, 0.29) is 10.8 Å². The molecule has 10 rings (SSSR count). The highest BCUT2D eigenvalue weighted by atomic mass is 32.2. The largest absolute Gasteiger partial charge is 0.310 e. The minimum absolute atomic E-state index is 0.0332. The summed E-state index contributed by atoms with van der Waals surface area (Å²) < 4.78 is 2.35. The van der Waals surface area contributed by atoms with E-state index >= 15 is 0 Å². The molecule has 0 amide bonds. The SMILES string of the molecule is CC1(C)C2=C(CCC=C2)c2ccc(N(c3ccc4c(c3)C(C)(C)c3ccccc3-4)c3ccc4cc(-c5ccc(-c6ccc(S)s6)s5)sc4c3)cc21. The van der Waals surface area contributed by atoms with Gasteiger partial charge in [0.25, 0.3) is 0 Å². The molecule has 0 aliphatic heterocycles. The first-order chi connectivity index (χ1) is 24.7. The molecule has 250 valence electrons. The van der Waals surface area contributed by atoms with Crippen LogP contribution in [0.15, 0.2) is 131 Å². The molecule has 0 saturated heterocycles. The van der Waals surface area contributed by atoms with Crippen LogP contribution < -0.4 is 4.90 Å². The van der Waals surface area contributed by atoms with E-state index in [9.17, 15) is 0 Å². The number of allylic oxidation sites excluding steroid dienone is 4. The van der Waals surface area contributed by atoms with Gasteiger partial charge in [-0.2, -0.15) is 0 Å². The van der Waals surface area contributed by atoms with Crippen LogP contribution in [0.25, 0.3) is 46.3 Å². The van der Waals surface area contributed by atoms with Gasteiger partial charge in [-0.25, -0.2) is 0 Å². The first kappa shape index (κ1) is 31.6. The molecule has 0 saturated carbocycles. The summed E-state index contributed by atoms with van der Waals surface area (Å²) >= 11 is 10.0. The molecule has 51 heavy (non-hydrogen) atoms. The molecule has 0 spiro atoms. The lowest BCUT2D eigenvalue weighted by atomic mass is 9.80. The number of thiol groups is 1.